The van der Waals surface area contributed by atoms with Gasteiger partial charge in [0.25, 0.3) is 0 Å². The van der Waals surface area contributed by atoms with E-state index in [2.05, 4.69) is 19.1 Å². The van der Waals surface area contributed by atoms with Gasteiger partial charge in [-0.25, -0.2) is 0 Å². The van der Waals surface area contributed by atoms with Crippen molar-refractivity contribution in [2.75, 3.05) is 0 Å². The van der Waals surface area contributed by atoms with Crippen LogP contribution in [0.15, 0.2) is 35.1 Å². The van der Waals surface area contributed by atoms with Crippen LogP contribution in [-0.2, 0) is 9.53 Å². The summed E-state index contributed by atoms with van der Waals surface area (Å²) in [6.45, 7) is 12.2. The lowest BCUT2D eigenvalue weighted by Crippen LogP contribution is -2.16. The van der Waals surface area contributed by atoms with Gasteiger partial charge in [0, 0.05) is 0 Å². The molecule has 18 heavy (non-hydrogen) atoms. The van der Waals surface area contributed by atoms with Gasteiger partial charge in [0.1, 0.15) is 5.76 Å². The normalized spacial score (nSPS) is 20.6. The lowest BCUT2D eigenvalue weighted by Gasteiger charge is -2.18. The van der Waals surface area contributed by atoms with E-state index in [1.54, 1.807) is 0 Å². The van der Waals surface area contributed by atoms with E-state index in [-0.39, 0.29) is 11.4 Å². The van der Waals surface area contributed by atoms with Crippen molar-refractivity contribution >= 4 is 5.97 Å². The highest BCUT2D eigenvalue weighted by molar-refractivity contribution is 5.72. The van der Waals surface area contributed by atoms with Crippen molar-refractivity contribution < 1.29 is 9.53 Å². The second kappa shape index (κ2) is 5.55. The van der Waals surface area contributed by atoms with E-state index in [4.69, 9.17) is 4.74 Å². The third-order valence-corrected chi connectivity index (χ3v) is 2.77. The zero-order valence-electron chi connectivity index (χ0n) is 12.3. The third kappa shape index (κ3) is 4.52. The fourth-order valence-electron chi connectivity index (χ4n) is 1.95. The molecule has 0 aromatic carbocycles. The van der Waals surface area contributed by atoms with E-state index in [1.807, 2.05) is 40.7 Å². The molecule has 0 saturated carbocycles. The highest BCUT2D eigenvalue weighted by atomic mass is 16.5. The molecule has 0 amide bonds. The number of allylic oxidation sites excluding steroid dienone is 5. The molecule has 1 aliphatic rings. The average Bonchev–Trinajstić information content (AvgIpc) is 2.29. The second-order valence-corrected chi connectivity index (χ2v) is 6.29. The summed E-state index contributed by atoms with van der Waals surface area (Å²) in [6, 6.07) is 0. The SMILES string of the molecule is CC1=CC(C)C=CC(C)=C1OC(=O)CC(C)(C)C. The van der Waals surface area contributed by atoms with E-state index in [1.165, 1.54) is 0 Å². The Labute approximate surface area is 110 Å². The summed E-state index contributed by atoms with van der Waals surface area (Å²) in [6.07, 6.45) is 6.68. The third-order valence-electron chi connectivity index (χ3n) is 2.77. The Bertz CT molecular complexity index is 417. The molecular weight excluding hydrogens is 224 g/mol. The molecule has 100 valence electrons. The molecule has 0 bridgehead atoms. The molecule has 0 aromatic heterocycles. The van der Waals surface area contributed by atoms with Crippen molar-refractivity contribution in [2.45, 2.75) is 48.0 Å². The molecule has 1 rings (SSSR count). The molecule has 2 heteroatoms. The van der Waals surface area contributed by atoms with Crippen LogP contribution >= 0.6 is 0 Å². The maximum atomic E-state index is 11.9. The molecule has 0 spiro atoms. The van der Waals surface area contributed by atoms with Crippen molar-refractivity contribution in [2.24, 2.45) is 11.3 Å². The van der Waals surface area contributed by atoms with Crippen LogP contribution in [0.25, 0.3) is 0 Å². The fourth-order valence-corrected chi connectivity index (χ4v) is 1.95. The van der Waals surface area contributed by atoms with Crippen LogP contribution < -0.4 is 0 Å². The Morgan fingerprint density at radius 1 is 1.33 bits per heavy atom. The number of esters is 1. The minimum atomic E-state index is -0.160. The van der Waals surface area contributed by atoms with E-state index >= 15 is 0 Å². The van der Waals surface area contributed by atoms with Gasteiger partial charge in [0.2, 0.25) is 0 Å². The molecule has 0 radical (unpaired) electrons. The van der Waals surface area contributed by atoms with E-state index < -0.39 is 0 Å². The van der Waals surface area contributed by atoms with Gasteiger partial charge in [-0.1, -0.05) is 45.9 Å². The number of ether oxygens (including phenoxy) is 1. The Hall–Kier alpha value is -1.31. The van der Waals surface area contributed by atoms with Crippen LogP contribution in [0.3, 0.4) is 0 Å². The van der Waals surface area contributed by atoms with E-state index in [0.29, 0.717) is 18.1 Å². The van der Waals surface area contributed by atoms with Gasteiger partial charge < -0.3 is 4.74 Å². The van der Waals surface area contributed by atoms with Crippen molar-refractivity contribution in [1.29, 1.82) is 0 Å². The number of hydrogen-bond acceptors (Lipinski definition) is 2. The van der Waals surface area contributed by atoms with Crippen LogP contribution in [0.5, 0.6) is 0 Å². The summed E-state index contributed by atoms with van der Waals surface area (Å²) < 4.78 is 5.54. The predicted octanol–water partition coefficient (Wildman–Crippen LogP) is 4.39. The lowest BCUT2D eigenvalue weighted by molar-refractivity contribution is -0.141. The van der Waals surface area contributed by atoms with Crippen LogP contribution in [-0.4, -0.2) is 5.97 Å². The van der Waals surface area contributed by atoms with E-state index in [9.17, 15) is 4.79 Å². The van der Waals surface area contributed by atoms with Gasteiger partial charge in [-0.3, -0.25) is 4.79 Å². The highest BCUT2D eigenvalue weighted by Crippen LogP contribution is 2.26. The molecule has 0 fully saturated rings. The average molecular weight is 248 g/mol. The maximum absolute atomic E-state index is 11.9. The van der Waals surface area contributed by atoms with Crippen LogP contribution in [0.1, 0.15) is 48.0 Å². The summed E-state index contributed by atoms with van der Waals surface area (Å²) in [4.78, 5) is 11.9. The smallest absolute Gasteiger partial charge is 0.311 e. The molecule has 0 N–H and O–H groups in total. The molecule has 0 saturated heterocycles. The largest absolute Gasteiger partial charge is 0.426 e. The van der Waals surface area contributed by atoms with Gasteiger partial charge in [0.15, 0.2) is 0 Å². The van der Waals surface area contributed by atoms with Gasteiger partial charge in [-0.15, -0.1) is 0 Å². The number of carbonyl (C=O) groups is 1. The maximum Gasteiger partial charge on any atom is 0.311 e. The molecule has 1 unspecified atom stereocenters. The zero-order chi connectivity index (χ0) is 13.9. The highest BCUT2D eigenvalue weighted by Gasteiger charge is 2.20. The first-order valence-electron chi connectivity index (χ1n) is 6.47. The molecular formula is C16H24O2. The van der Waals surface area contributed by atoms with Crippen molar-refractivity contribution in [3.8, 4) is 0 Å². The predicted molar refractivity (Wildman–Crippen MR) is 74.9 cm³/mol. The molecule has 1 atom stereocenters. The molecule has 0 aliphatic heterocycles. The Morgan fingerprint density at radius 3 is 2.50 bits per heavy atom. The monoisotopic (exact) mass is 248 g/mol. The van der Waals surface area contributed by atoms with Gasteiger partial charge in [-0.2, -0.15) is 0 Å². The summed E-state index contributed by atoms with van der Waals surface area (Å²) in [5.41, 5.74) is 2.00. The molecule has 0 aromatic rings. The van der Waals surface area contributed by atoms with Crippen molar-refractivity contribution in [1.82, 2.24) is 0 Å². The van der Waals surface area contributed by atoms with Gasteiger partial charge in [-0.05, 0) is 36.3 Å². The van der Waals surface area contributed by atoms with Crippen molar-refractivity contribution in [3.05, 3.63) is 35.1 Å². The van der Waals surface area contributed by atoms with Gasteiger partial charge >= 0.3 is 5.97 Å². The lowest BCUT2D eigenvalue weighted by atomic mass is 9.92. The number of hydrogen-bond donors (Lipinski definition) is 0. The first-order chi connectivity index (χ1) is 8.19. The fraction of sp³-hybridized carbons (Fsp3) is 0.562. The molecule has 1 aliphatic carbocycles. The van der Waals surface area contributed by atoms with Crippen LogP contribution in [0.2, 0.25) is 0 Å². The summed E-state index contributed by atoms with van der Waals surface area (Å²) in [5, 5.41) is 0. The second-order valence-electron chi connectivity index (χ2n) is 6.29. The summed E-state index contributed by atoms with van der Waals surface area (Å²) in [5.74, 6) is 0.927. The first-order valence-corrected chi connectivity index (χ1v) is 6.47. The Morgan fingerprint density at radius 2 is 1.94 bits per heavy atom. The summed E-state index contributed by atoms with van der Waals surface area (Å²) in [7, 11) is 0. The Balaban J connectivity index is 2.85. The van der Waals surface area contributed by atoms with E-state index in [0.717, 1.165) is 11.1 Å². The number of carbonyl (C=O) groups excluding carboxylic acids is 1. The van der Waals surface area contributed by atoms with Crippen molar-refractivity contribution in [3.63, 3.8) is 0 Å². The number of rotatable bonds is 2. The standard InChI is InChI=1S/C16H24O2/c1-11-7-8-12(2)15(13(3)9-11)18-14(17)10-16(4,5)6/h7-9,11H,10H2,1-6H3. The minimum Gasteiger partial charge on any atom is -0.426 e. The first kappa shape index (κ1) is 14.7. The van der Waals surface area contributed by atoms with Crippen LogP contribution in [0, 0.1) is 11.3 Å². The quantitative estimate of drug-likeness (QED) is 0.677. The van der Waals surface area contributed by atoms with Crippen LogP contribution in [0.4, 0.5) is 0 Å². The molecule has 2 nitrogen and oxygen atoms in total. The zero-order valence-corrected chi connectivity index (χ0v) is 12.3. The summed E-state index contributed by atoms with van der Waals surface area (Å²) >= 11 is 0. The Kier molecular flexibility index (Phi) is 4.55. The molecule has 0 heterocycles. The van der Waals surface area contributed by atoms with Gasteiger partial charge in [0.05, 0.1) is 6.42 Å². The topological polar surface area (TPSA) is 26.3 Å². The minimum absolute atomic E-state index is 0.0446.